The van der Waals surface area contributed by atoms with Gasteiger partial charge in [-0.15, -0.1) is 0 Å². The number of nitrogens with one attached hydrogen (secondary N) is 1. The molecule has 0 amide bonds. The van der Waals surface area contributed by atoms with Crippen LogP contribution in [0.2, 0.25) is 0 Å². The summed E-state index contributed by atoms with van der Waals surface area (Å²) in [5, 5.41) is 2.63. The van der Waals surface area contributed by atoms with Gasteiger partial charge in [0.25, 0.3) is 0 Å². The fraction of sp³-hybridized carbons (Fsp3) is 0.455. The Balaban J connectivity index is 2.19. The maximum Gasteiger partial charge on any atom is 0.390 e. The number of benzene rings is 1. The van der Waals surface area contributed by atoms with Gasteiger partial charge in [0.1, 0.15) is 5.82 Å². The van der Waals surface area contributed by atoms with E-state index in [2.05, 4.69) is 5.32 Å². The lowest BCUT2D eigenvalue weighted by Gasteiger charge is -2.07. The maximum atomic E-state index is 13.1. The van der Waals surface area contributed by atoms with Gasteiger partial charge in [0, 0.05) is 6.54 Å². The molecule has 0 unspecified atom stereocenters. The van der Waals surface area contributed by atoms with Crippen molar-refractivity contribution in [1.29, 1.82) is 0 Å². The number of hydrogen-bond acceptors (Lipinski definition) is 1. The van der Waals surface area contributed by atoms with Crippen LogP contribution in [0.1, 0.15) is 12.0 Å². The van der Waals surface area contributed by atoms with E-state index in [4.69, 9.17) is 0 Å². The molecule has 0 saturated carbocycles. The molecule has 16 heavy (non-hydrogen) atoms. The minimum Gasteiger partial charge on any atom is -0.316 e. The van der Waals surface area contributed by atoms with Gasteiger partial charge in [-0.05, 0) is 24.6 Å². The molecule has 0 aliphatic heterocycles. The van der Waals surface area contributed by atoms with Crippen LogP contribution in [0.3, 0.4) is 0 Å². The highest BCUT2D eigenvalue weighted by Gasteiger charge is 2.25. The molecule has 1 nitrogen and oxygen atoms in total. The zero-order valence-corrected chi connectivity index (χ0v) is 8.65. The van der Waals surface area contributed by atoms with Crippen LogP contribution >= 0.6 is 0 Å². The summed E-state index contributed by atoms with van der Waals surface area (Å²) in [4.78, 5) is 0. The number of rotatable bonds is 5. The summed E-state index contributed by atoms with van der Waals surface area (Å²) in [7, 11) is 0. The Hall–Kier alpha value is -1.10. The molecule has 0 radical (unpaired) electrons. The lowest BCUT2D eigenvalue weighted by Crippen LogP contribution is -2.23. The third kappa shape index (κ3) is 5.11. The Kier molecular flexibility index (Phi) is 4.73. The highest BCUT2D eigenvalue weighted by Crippen LogP contribution is 2.18. The number of halogens is 4. The second-order valence-corrected chi connectivity index (χ2v) is 3.46. The molecule has 0 atom stereocenters. The van der Waals surface area contributed by atoms with Gasteiger partial charge in [0.05, 0.1) is 6.42 Å². The lowest BCUT2D eigenvalue weighted by molar-refractivity contribution is -0.133. The fourth-order valence-electron chi connectivity index (χ4n) is 1.28. The predicted octanol–water partition coefficient (Wildman–Crippen LogP) is 2.91. The zero-order valence-electron chi connectivity index (χ0n) is 8.65. The van der Waals surface area contributed by atoms with Gasteiger partial charge in [-0.25, -0.2) is 4.39 Å². The third-order valence-corrected chi connectivity index (χ3v) is 2.11. The smallest absolute Gasteiger partial charge is 0.316 e. The monoisotopic (exact) mass is 235 g/mol. The first-order valence-electron chi connectivity index (χ1n) is 5.00. The average Bonchev–Trinajstić information content (AvgIpc) is 2.18. The second-order valence-electron chi connectivity index (χ2n) is 3.46. The molecule has 0 aliphatic carbocycles. The SMILES string of the molecule is Fc1ccccc1CCNCCC(F)(F)F. The summed E-state index contributed by atoms with van der Waals surface area (Å²) in [6.45, 7) is 0.217. The molecular weight excluding hydrogens is 222 g/mol. The van der Waals surface area contributed by atoms with Gasteiger partial charge in [-0.3, -0.25) is 0 Å². The van der Waals surface area contributed by atoms with Crippen LogP contribution < -0.4 is 5.32 Å². The van der Waals surface area contributed by atoms with Gasteiger partial charge in [0.15, 0.2) is 0 Å². The van der Waals surface area contributed by atoms with E-state index in [1.54, 1.807) is 18.2 Å². The predicted molar refractivity (Wildman–Crippen MR) is 53.6 cm³/mol. The van der Waals surface area contributed by atoms with Crippen LogP contribution in [0.4, 0.5) is 17.6 Å². The molecule has 0 aromatic heterocycles. The third-order valence-electron chi connectivity index (χ3n) is 2.11. The van der Waals surface area contributed by atoms with Crippen molar-refractivity contribution >= 4 is 0 Å². The Bertz CT molecular complexity index is 322. The molecule has 0 bridgehead atoms. The van der Waals surface area contributed by atoms with Crippen LogP contribution in [0, 0.1) is 5.82 Å². The highest BCUT2D eigenvalue weighted by atomic mass is 19.4. The van der Waals surface area contributed by atoms with Gasteiger partial charge in [-0.1, -0.05) is 18.2 Å². The zero-order chi connectivity index (χ0) is 12.0. The van der Waals surface area contributed by atoms with E-state index in [0.717, 1.165) is 0 Å². The van der Waals surface area contributed by atoms with Gasteiger partial charge >= 0.3 is 6.18 Å². The number of hydrogen-bond donors (Lipinski definition) is 1. The summed E-state index contributed by atoms with van der Waals surface area (Å²) in [6, 6.07) is 6.25. The molecule has 0 saturated heterocycles. The van der Waals surface area contributed by atoms with Crippen molar-refractivity contribution in [3.63, 3.8) is 0 Å². The fourth-order valence-corrected chi connectivity index (χ4v) is 1.28. The van der Waals surface area contributed by atoms with E-state index in [0.29, 0.717) is 18.5 Å². The molecular formula is C11H13F4N. The molecule has 1 rings (SSSR count). The largest absolute Gasteiger partial charge is 0.390 e. The Labute approximate surface area is 91.5 Å². The van der Waals surface area contributed by atoms with Crippen LogP contribution in [0.5, 0.6) is 0 Å². The van der Waals surface area contributed by atoms with Gasteiger partial charge in [-0.2, -0.15) is 13.2 Å². The summed E-state index contributed by atoms with van der Waals surface area (Å²) in [6.07, 6.45) is -4.60. The average molecular weight is 235 g/mol. The number of alkyl halides is 3. The van der Waals surface area contributed by atoms with Crippen molar-refractivity contribution in [2.24, 2.45) is 0 Å². The molecule has 1 N–H and O–H groups in total. The lowest BCUT2D eigenvalue weighted by atomic mass is 10.1. The summed E-state index contributed by atoms with van der Waals surface area (Å²) >= 11 is 0. The molecule has 0 heterocycles. The molecule has 1 aromatic carbocycles. The first kappa shape index (κ1) is 13.0. The van der Waals surface area contributed by atoms with E-state index in [1.165, 1.54) is 6.07 Å². The normalized spacial score (nSPS) is 11.8. The first-order chi connectivity index (χ1) is 7.49. The molecule has 1 aromatic rings. The quantitative estimate of drug-likeness (QED) is 0.611. The molecule has 0 aliphatic rings. The molecule has 90 valence electrons. The van der Waals surface area contributed by atoms with Crippen LogP contribution in [-0.4, -0.2) is 19.3 Å². The Morgan fingerprint density at radius 1 is 1.06 bits per heavy atom. The van der Waals surface area contributed by atoms with Crippen molar-refractivity contribution < 1.29 is 17.6 Å². The second kappa shape index (κ2) is 5.84. The van der Waals surface area contributed by atoms with Gasteiger partial charge in [0.2, 0.25) is 0 Å². The highest BCUT2D eigenvalue weighted by molar-refractivity contribution is 5.17. The van der Waals surface area contributed by atoms with Crippen LogP contribution in [-0.2, 0) is 6.42 Å². The minimum absolute atomic E-state index is 0.127. The summed E-state index contributed by atoms with van der Waals surface area (Å²) < 4.78 is 48.4. The Morgan fingerprint density at radius 2 is 1.75 bits per heavy atom. The van der Waals surface area contributed by atoms with Crippen molar-refractivity contribution in [1.82, 2.24) is 5.32 Å². The minimum atomic E-state index is -4.13. The van der Waals surface area contributed by atoms with E-state index in [9.17, 15) is 17.6 Å². The molecule has 0 fully saturated rings. The van der Waals surface area contributed by atoms with Crippen molar-refractivity contribution in [2.75, 3.05) is 13.1 Å². The standard InChI is InChI=1S/C11H13F4N/c12-10-4-2-1-3-9(10)5-7-16-8-6-11(13,14)15/h1-4,16H,5-8H2. The van der Waals surface area contributed by atoms with E-state index >= 15 is 0 Å². The van der Waals surface area contributed by atoms with E-state index in [1.807, 2.05) is 0 Å². The van der Waals surface area contributed by atoms with E-state index < -0.39 is 12.6 Å². The van der Waals surface area contributed by atoms with E-state index in [-0.39, 0.29) is 12.4 Å². The van der Waals surface area contributed by atoms with Gasteiger partial charge < -0.3 is 5.32 Å². The van der Waals surface area contributed by atoms with Crippen molar-refractivity contribution in [2.45, 2.75) is 19.0 Å². The summed E-state index contributed by atoms with van der Waals surface area (Å²) in [5.74, 6) is -0.319. The van der Waals surface area contributed by atoms with Crippen LogP contribution in [0.25, 0.3) is 0 Å². The first-order valence-corrected chi connectivity index (χ1v) is 5.00. The topological polar surface area (TPSA) is 12.0 Å². The summed E-state index contributed by atoms with van der Waals surface area (Å²) in [5.41, 5.74) is 0.516. The van der Waals surface area contributed by atoms with Crippen molar-refractivity contribution in [3.05, 3.63) is 35.6 Å². The maximum absolute atomic E-state index is 13.1. The van der Waals surface area contributed by atoms with Crippen LogP contribution in [0.15, 0.2) is 24.3 Å². The Morgan fingerprint density at radius 3 is 2.38 bits per heavy atom. The van der Waals surface area contributed by atoms with Crippen molar-refractivity contribution in [3.8, 4) is 0 Å². The molecule has 0 spiro atoms. The molecule has 5 heteroatoms.